The molecule has 146 valence electrons. The van der Waals surface area contributed by atoms with Crippen LogP contribution >= 0.6 is 7.14 Å². The number of hydrogen-bond donors (Lipinski definition) is 0. The van der Waals surface area contributed by atoms with Crippen LogP contribution in [0.4, 0.5) is 0 Å². The third kappa shape index (κ3) is 4.12. The van der Waals surface area contributed by atoms with Gasteiger partial charge in [-0.2, -0.15) is 0 Å². The first-order valence-corrected chi connectivity index (χ1v) is 11.8. The Morgan fingerprint density at radius 3 is 2.30 bits per heavy atom. The first kappa shape index (κ1) is 20.5. The Kier molecular flexibility index (Phi) is 6.37. The molecule has 1 nitrogen and oxygen atoms in total. The molecule has 1 aliphatic carbocycles. The predicted octanol–water partition coefficient (Wildman–Crippen LogP) is 5.38. The number of ether oxygens (including phenoxy) is 1. The Bertz CT molecular complexity index is 770. The van der Waals surface area contributed by atoms with Crippen molar-refractivity contribution in [2.75, 3.05) is 13.8 Å². The third-order valence-corrected chi connectivity index (χ3v) is 8.90. The molecule has 1 unspecified atom stereocenters. The van der Waals surface area contributed by atoms with Crippen molar-refractivity contribution in [2.45, 2.75) is 45.7 Å². The minimum Gasteiger partial charge on any atom is -0.496 e. The molecule has 0 bridgehead atoms. The summed E-state index contributed by atoms with van der Waals surface area (Å²) in [6, 6.07) is 17.8. The van der Waals surface area contributed by atoms with Gasteiger partial charge in [-0.05, 0) is 42.7 Å². The van der Waals surface area contributed by atoms with Crippen LogP contribution in [0.5, 0.6) is 5.75 Å². The van der Waals surface area contributed by atoms with Crippen LogP contribution in [0.3, 0.4) is 0 Å². The second-order valence-electron chi connectivity index (χ2n) is 8.22. The fraction of sp³-hybridized carbons (Fsp3) is 0.500. The van der Waals surface area contributed by atoms with E-state index in [1.807, 2.05) is 0 Å². The Morgan fingerprint density at radius 1 is 1.00 bits per heavy atom. The summed E-state index contributed by atoms with van der Waals surface area (Å²) in [6.07, 6.45) is 4.30. The zero-order valence-corrected chi connectivity index (χ0v) is 17.8. The zero-order valence-electron chi connectivity index (χ0n) is 16.9. The van der Waals surface area contributed by atoms with E-state index < -0.39 is 7.14 Å². The van der Waals surface area contributed by atoms with E-state index in [2.05, 4.69) is 76.0 Å². The predicted molar refractivity (Wildman–Crippen MR) is 126 cm³/mol. The lowest BCUT2D eigenvalue weighted by atomic mass is 9.77. The Hall–Kier alpha value is -1.27. The van der Waals surface area contributed by atoms with Gasteiger partial charge in [0.2, 0.25) is 0 Å². The molecule has 1 saturated carbocycles. The number of rotatable bonds is 5. The molecule has 27 heavy (non-hydrogen) atoms. The van der Waals surface area contributed by atoms with Crippen LogP contribution < -0.4 is 10.0 Å². The van der Waals surface area contributed by atoms with Crippen LogP contribution in [0, 0.1) is 17.8 Å². The smallest absolute Gasteiger partial charge is 0.132 e. The minimum absolute atomic E-state index is 0.222. The van der Waals surface area contributed by atoms with E-state index >= 15 is 0 Å². The molecule has 0 aromatic heterocycles. The van der Waals surface area contributed by atoms with Gasteiger partial charge in [0.1, 0.15) is 13.3 Å². The fourth-order valence-electron chi connectivity index (χ4n) is 4.65. The van der Waals surface area contributed by atoms with Crippen molar-refractivity contribution in [1.82, 2.24) is 0 Å². The lowest BCUT2D eigenvalue weighted by Gasteiger charge is -2.46. The number of benzene rings is 2. The van der Waals surface area contributed by atoms with Gasteiger partial charge in [-0.25, -0.2) is 0 Å². The van der Waals surface area contributed by atoms with Gasteiger partial charge >= 0.3 is 0 Å². The normalized spacial score (nSPS) is 25.2. The molecule has 2 aromatic carbocycles. The summed E-state index contributed by atoms with van der Waals surface area (Å²) in [5, 5.41) is 1.68. The highest BCUT2D eigenvalue weighted by Crippen LogP contribution is 2.63. The van der Waals surface area contributed by atoms with Crippen LogP contribution in [-0.2, 0) is 0 Å². The summed E-state index contributed by atoms with van der Waals surface area (Å²) in [5.41, 5.74) is 3.63. The van der Waals surface area contributed by atoms with E-state index in [-0.39, 0.29) is 7.57 Å². The van der Waals surface area contributed by atoms with Gasteiger partial charge in [-0.15, -0.1) is 7.14 Å². The largest absolute Gasteiger partial charge is 0.496 e. The Morgan fingerprint density at radius 2 is 1.63 bits per heavy atom. The van der Waals surface area contributed by atoms with Gasteiger partial charge in [0.15, 0.2) is 0 Å². The van der Waals surface area contributed by atoms with Crippen molar-refractivity contribution in [2.24, 2.45) is 17.8 Å². The maximum Gasteiger partial charge on any atom is 0.132 e. The van der Waals surface area contributed by atoms with Gasteiger partial charge in [0.25, 0.3) is 0 Å². The van der Waals surface area contributed by atoms with Crippen LogP contribution in [-0.4, -0.2) is 27.0 Å². The zero-order chi connectivity index (χ0) is 19.6. The molecule has 0 N–H and O–H groups in total. The molecular formula is C24H36BOP. The second-order valence-corrected chi connectivity index (χ2v) is 10.6. The molecule has 4 atom stereocenters. The van der Waals surface area contributed by atoms with Crippen LogP contribution in [0.2, 0.25) is 0 Å². The van der Waals surface area contributed by atoms with E-state index in [9.17, 15) is 0 Å². The average molecular weight is 382 g/mol. The van der Waals surface area contributed by atoms with E-state index in [4.69, 9.17) is 4.74 Å². The average Bonchev–Trinajstić information content (AvgIpc) is 2.67. The minimum atomic E-state index is -1.06. The van der Waals surface area contributed by atoms with Gasteiger partial charge in [0, 0.05) is 23.5 Å². The van der Waals surface area contributed by atoms with Crippen molar-refractivity contribution in [1.29, 1.82) is 0 Å². The van der Waals surface area contributed by atoms with Crippen LogP contribution in [0.15, 0.2) is 48.5 Å². The number of hydrogen-bond acceptors (Lipinski definition) is 1. The van der Waals surface area contributed by atoms with Crippen molar-refractivity contribution in [3.05, 3.63) is 48.5 Å². The molecule has 2 aromatic rings. The summed E-state index contributed by atoms with van der Waals surface area (Å²) in [7, 11) is 0.959. The highest BCUT2D eigenvalue weighted by Gasteiger charge is 2.43. The second kappa shape index (κ2) is 8.40. The molecule has 1 aliphatic rings. The highest BCUT2D eigenvalue weighted by atomic mass is 31.2. The first-order chi connectivity index (χ1) is 12.9. The fourth-order valence-corrected chi connectivity index (χ4v) is 7.65. The lowest BCUT2D eigenvalue weighted by molar-refractivity contribution is 0.241. The molecule has 0 radical (unpaired) electrons. The highest BCUT2D eigenvalue weighted by molar-refractivity contribution is 8.03. The maximum absolute atomic E-state index is 5.72. The van der Waals surface area contributed by atoms with Gasteiger partial charge < -0.3 is 4.74 Å². The van der Waals surface area contributed by atoms with E-state index in [0.29, 0.717) is 0 Å². The Labute approximate surface area is 167 Å². The van der Waals surface area contributed by atoms with Crippen molar-refractivity contribution in [3.63, 3.8) is 0 Å². The molecular weight excluding hydrogens is 346 g/mol. The standard InChI is InChI=1S/C24H36BOP/c1-17(2)19-15-14-18(3)16-24(19)27(5,25)23-13-9-7-11-21(23)20-10-6-8-12-22(20)26-4/h6-13,17-19,24H,14-16H2,1-5,25H3/t18-,19+,24-,27?/m1/s1. The van der Waals surface area contributed by atoms with Crippen molar-refractivity contribution < 1.29 is 4.74 Å². The molecule has 1 fully saturated rings. The van der Waals surface area contributed by atoms with Gasteiger partial charge in [-0.1, -0.05) is 63.6 Å². The molecule has 0 amide bonds. The molecule has 0 aliphatic heterocycles. The van der Waals surface area contributed by atoms with Crippen molar-refractivity contribution >= 4 is 20.0 Å². The molecule has 0 spiro atoms. The monoisotopic (exact) mass is 382 g/mol. The Balaban J connectivity index is 2.09. The topological polar surface area (TPSA) is 9.23 Å². The van der Waals surface area contributed by atoms with E-state index in [0.717, 1.165) is 29.2 Å². The molecule has 0 heterocycles. The lowest BCUT2D eigenvalue weighted by Crippen LogP contribution is -2.37. The SMILES string of the molecule is [BH3-][P+](C)(c1ccccc1-c1ccccc1OC)[C@@H]1C[C@H](C)CC[C@H]1C(C)C. The van der Waals surface area contributed by atoms with Crippen LogP contribution in [0.1, 0.15) is 40.0 Å². The number of methoxy groups -OCH3 is 1. The van der Waals surface area contributed by atoms with E-state index in [1.165, 1.54) is 30.4 Å². The van der Waals surface area contributed by atoms with Crippen LogP contribution in [0.25, 0.3) is 11.1 Å². The van der Waals surface area contributed by atoms with Crippen molar-refractivity contribution in [3.8, 4) is 16.9 Å². The maximum atomic E-state index is 5.72. The first-order valence-electron chi connectivity index (χ1n) is 9.98. The van der Waals surface area contributed by atoms with Gasteiger partial charge in [-0.3, -0.25) is 0 Å². The molecule has 0 saturated heterocycles. The summed E-state index contributed by atoms with van der Waals surface area (Å²) in [5.74, 6) is 3.60. The summed E-state index contributed by atoms with van der Waals surface area (Å²) in [6.45, 7) is 10.1. The molecule has 3 heteroatoms. The number of para-hydroxylation sites is 1. The quantitative estimate of drug-likeness (QED) is 0.499. The summed E-state index contributed by atoms with van der Waals surface area (Å²) >= 11 is 0. The summed E-state index contributed by atoms with van der Waals surface area (Å²) in [4.78, 5) is 0. The molecule has 3 rings (SSSR count). The summed E-state index contributed by atoms with van der Waals surface area (Å²) < 4.78 is 5.72. The van der Waals surface area contributed by atoms with E-state index in [1.54, 1.807) is 12.4 Å². The third-order valence-electron chi connectivity index (χ3n) is 6.17. The van der Waals surface area contributed by atoms with Gasteiger partial charge in [0.05, 0.1) is 12.4 Å².